The molecule has 0 bridgehead atoms. The van der Waals surface area contributed by atoms with E-state index in [1.54, 1.807) is 25.3 Å². The fourth-order valence-electron chi connectivity index (χ4n) is 2.44. The van der Waals surface area contributed by atoms with Crippen molar-refractivity contribution in [2.24, 2.45) is 0 Å². The van der Waals surface area contributed by atoms with Gasteiger partial charge in [-0.3, -0.25) is 4.79 Å². The summed E-state index contributed by atoms with van der Waals surface area (Å²) < 4.78 is 20.1. The maximum Gasteiger partial charge on any atom is 0.291 e. The SMILES string of the molecule is COc1ccc(-c2nc3s/c(=C\c4cccc(F)c4)c(=O)n3n2)cc1. The third-order valence-corrected chi connectivity index (χ3v) is 4.64. The van der Waals surface area contributed by atoms with Crippen LogP contribution in [0.3, 0.4) is 0 Å². The normalized spacial score (nSPS) is 12.0. The van der Waals surface area contributed by atoms with Gasteiger partial charge in [-0.15, -0.1) is 5.10 Å². The van der Waals surface area contributed by atoms with E-state index in [1.807, 2.05) is 24.3 Å². The first-order chi connectivity index (χ1) is 12.1. The first kappa shape index (κ1) is 15.5. The van der Waals surface area contributed by atoms with Crippen molar-refractivity contribution in [3.63, 3.8) is 0 Å². The van der Waals surface area contributed by atoms with Crippen LogP contribution in [0.4, 0.5) is 4.39 Å². The molecule has 0 saturated carbocycles. The van der Waals surface area contributed by atoms with Crippen molar-refractivity contribution < 1.29 is 9.13 Å². The van der Waals surface area contributed by atoms with Gasteiger partial charge >= 0.3 is 0 Å². The molecule has 7 heteroatoms. The summed E-state index contributed by atoms with van der Waals surface area (Å²) in [6.07, 6.45) is 1.64. The van der Waals surface area contributed by atoms with E-state index in [2.05, 4.69) is 10.1 Å². The van der Waals surface area contributed by atoms with E-state index in [-0.39, 0.29) is 11.4 Å². The number of hydrogen-bond acceptors (Lipinski definition) is 5. The van der Waals surface area contributed by atoms with Crippen LogP contribution >= 0.6 is 11.3 Å². The quantitative estimate of drug-likeness (QED) is 0.568. The molecule has 2 aromatic carbocycles. The Hall–Kier alpha value is -3.06. The molecule has 0 fully saturated rings. The minimum atomic E-state index is -0.345. The number of methoxy groups -OCH3 is 1. The fraction of sp³-hybridized carbons (Fsp3) is 0.0556. The van der Waals surface area contributed by atoms with Gasteiger partial charge in [0.1, 0.15) is 11.6 Å². The molecule has 0 aliphatic heterocycles. The molecule has 0 aliphatic rings. The lowest BCUT2D eigenvalue weighted by Crippen LogP contribution is -2.23. The summed E-state index contributed by atoms with van der Waals surface area (Å²) in [6, 6.07) is 13.4. The van der Waals surface area contributed by atoms with Gasteiger partial charge in [0.25, 0.3) is 5.56 Å². The summed E-state index contributed by atoms with van der Waals surface area (Å²) in [4.78, 5) is 17.4. The zero-order valence-electron chi connectivity index (χ0n) is 13.1. The molecule has 0 N–H and O–H groups in total. The van der Waals surface area contributed by atoms with Crippen molar-refractivity contribution in [1.29, 1.82) is 0 Å². The second-order valence-electron chi connectivity index (χ2n) is 5.33. The Morgan fingerprint density at radius 3 is 2.68 bits per heavy atom. The van der Waals surface area contributed by atoms with Crippen LogP contribution in [0.5, 0.6) is 5.75 Å². The average Bonchev–Trinajstić information content (AvgIpc) is 3.15. The standard InChI is InChI=1S/C18H12FN3O2S/c1-24-14-7-5-12(6-8-14)16-20-18-22(21-16)17(23)15(25-18)10-11-3-2-4-13(19)9-11/h2-10H,1H3/b15-10-. The van der Waals surface area contributed by atoms with Crippen molar-refractivity contribution in [1.82, 2.24) is 14.6 Å². The van der Waals surface area contributed by atoms with Gasteiger partial charge in [0.2, 0.25) is 4.96 Å². The number of halogens is 1. The van der Waals surface area contributed by atoms with Gasteiger partial charge in [0.15, 0.2) is 5.82 Å². The number of hydrogen-bond donors (Lipinski definition) is 0. The van der Waals surface area contributed by atoms with Crippen molar-refractivity contribution in [2.45, 2.75) is 0 Å². The van der Waals surface area contributed by atoms with E-state index < -0.39 is 0 Å². The van der Waals surface area contributed by atoms with Gasteiger partial charge in [0, 0.05) is 5.56 Å². The largest absolute Gasteiger partial charge is 0.497 e. The maximum absolute atomic E-state index is 13.3. The molecule has 0 atom stereocenters. The number of fused-ring (bicyclic) bond motifs is 1. The van der Waals surface area contributed by atoms with Gasteiger partial charge < -0.3 is 4.74 Å². The Balaban J connectivity index is 1.77. The Kier molecular flexibility index (Phi) is 3.77. The van der Waals surface area contributed by atoms with Crippen LogP contribution in [0.15, 0.2) is 53.3 Å². The molecule has 0 saturated heterocycles. The molecule has 25 heavy (non-hydrogen) atoms. The Bertz CT molecular complexity index is 1170. The van der Waals surface area contributed by atoms with Crippen molar-refractivity contribution in [3.8, 4) is 17.1 Å². The van der Waals surface area contributed by atoms with Crippen LogP contribution in [-0.2, 0) is 0 Å². The smallest absolute Gasteiger partial charge is 0.291 e. The first-order valence-electron chi connectivity index (χ1n) is 7.45. The van der Waals surface area contributed by atoms with E-state index >= 15 is 0 Å². The molecule has 0 aliphatic carbocycles. The fourth-order valence-corrected chi connectivity index (χ4v) is 3.35. The highest BCUT2D eigenvalue weighted by molar-refractivity contribution is 7.15. The zero-order chi connectivity index (χ0) is 17.4. The number of benzene rings is 2. The molecule has 4 rings (SSSR count). The predicted molar refractivity (Wildman–Crippen MR) is 94.3 cm³/mol. The molecule has 5 nitrogen and oxygen atoms in total. The number of ether oxygens (including phenoxy) is 1. The van der Waals surface area contributed by atoms with Crippen LogP contribution in [0.25, 0.3) is 22.4 Å². The van der Waals surface area contributed by atoms with Crippen LogP contribution < -0.4 is 14.8 Å². The van der Waals surface area contributed by atoms with E-state index in [0.29, 0.717) is 20.9 Å². The topological polar surface area (TPSA) is 56.5 Å². The molecule has 0 amide bonds. The molecule has 124 valence electrons. The van der Waals surface area contributed by atoms with Crippen LogP contribution in [-0.4, -0.2) is 21.7 Å². The number of rotatable bonds is 3. The Morgan fingerprint density at radius 2 is 2.00 bits per heavy atom. The molecule has 0 spiro atoms. The molecular weight excluding hydrogens is 341 g/mol. The average molecular weight is 353 g/mol. The molecule has 0 unspecified atom stereocenters. The van der Waals surface area contributed by atoms with Crippen molar-refractivity contribution in [3.05, 3.63) is 74.8 Å². The summed E-state index contributed by atoms with van der Waals surface area (Å²) in [6.45, 7) is 0. The molecule has 2 heterocycles. The first-order valence-corrected chi connectivity index (χ1v) is 8.27. The molecular formula is C18H12FN3O2S. The summed E-state index contributed by atoms with van der Waals surface area (Å²) in [7, 11) is 1.60. The van der Waals surface area contributed by atoms with E-state index in [4.69, 9.17) is 4.74 Å². The molecule has 4 aromatic rings. The predicted octanol–water partition coefficient (Wildman–Crippen LogP) is 2.51. The van der Waals surface area contributed by atoms with Crippen LogP contribution in [0, 0.1) is 5.82 Å². The minimum Gasteiger partial charge on any atom is -0.497 e. The Morgan fingerprint density at radius 1 is 1.20 bits per heavy atom. The highest BCUT2D eigenvalue weighted by Crippen LogP contribution is 2.20. The van der Waals surface area contributed by atoms with E-state index in [9.17, 15) is 9.18 Å². The number of thiazole rings is 1. The minimum absolute atomic E-state index is 0.267. The van der Waals surface area contributed by atoms with Crippen LogP contribution in [0.1, 0.15) is 5.56 Å². The van der Waals surface area contributed by atoms with Crippen molar-refractivity contribution in [2.75, 3.05) is 7.11 Å². The molecule has 2 aromatic heterocycles. The highest BCUT2D eigenvalue weighted by Gasteiger charge is 2.12. The third-order valence-electron chi connectivity index (χ3n) is 3.68. The Labute approximate surface area is 145 Å². The zero-order valence-corrected chi connectivity index (χ0v) is 14.0. The lowest BCUT2D eigenvalue weighted by Gasteiger charge is -1.99. The van der Waals surface area contributed by atoms with Gasteiger partial charge in [-0.25, -0.2) is 4.39 Å². The monoisotopic (exact) mass is 353 g/mol. The van der Waals surface area contributed by atoms with Gasteiger partial charge in [-0.2, -0.15) is 9.50 Å². The molecule has 0 radical (unpaired) electrons. The van der Waals surface area contributed by atoms with Gasteiger partial charge in [0.05, 0.1) is 11.6 Å². The summed E-state index contributed by atoms with van der Waals surface area (Å²) in [5, 5.41) is 4.29. The lowest BCUT2D eigenvalue weighted by atomic mass is 10.2. The van der Waals surface area contributed by atoms with Gasteiger partial charge in [-0.1, -0.05) is 23.5 Å². The van der Waals surface area contributed by atoms with Crippen LogP contribution in [0.2, 0.25) is 0 Å². The number of nitrogens with zero attached hydrogens (tertiary/aromatic N) is 3. The number of aromatic nitrogens is 3. The summed E-state index contributed by atoms with van der Waals surface area (Å²) in [5.41, 5.74) is 1.15. The van der Waals surface area contributed by atoms with Gasteiger partial charge in [-0.05, 0) is 48.0 Å². The third kappa shape index (κ3) is 2.89. The second-order valence-corrected chi connectivity index (χ2v) is 6.34. The second kappa shape index (κ2) is 6.10. The van der Waals surface area contributed by atoms with Crippen molar-refractivity contribution >= 4 is 22.4 Å². The maximum atomic E-state index is 13.3. The highest BCUT2D eigenvalue weighted by atomic mass is 32.1. The van der Waals surface area contributed by atoms with E-state index in [0.717, 1.165) is 11.3 Å². The summed E-state index contributed by atoms with van der Waals surface area (Å²) in [5.74, 6) is 0.868. The summed E-state index contributed by atoms with van der Waals surface area (Å²) >= 11 is 1.22. The lowest BCUT2D eigenvalue weighted by molar-refractivity contribution is 0.415. The van der Waals surface area contributed by atoms with E-state index in [1.165, 1.54) is 28.0 Å².